The van der Waals surface area contributed by atoms with Crippen LogP contribution in [0.25, 0.3) is 0 Å². The van der Waals surface area contributed by atoms with Crippen LogP contribution in [0.1, 0.15) is 129 Å². The van der Waals surface area contributed by atoms with Gasteiger partial charge < -0.3 is 89.9 Å². The molecule has 17 unspecified atom stereocenters. The number of hydrogen-bond donors (Lipinski definition) is 12. The second-order valence-electron chi connectivity index (χ2n) is 18.3. The van der Waals surface area contributed by atoms with Gasteiger partial charge in [0, 0.05) is 6.42 Å². The minimum atomic E-state index is -1.98. The molecule has 19 nitrogen and oxygen atoms in total. The molecule has 17 atom stereocenters. The highest BCUT2D eigenvalue weighted by Crippen LogP contribution is 2.33. The monoisotopic (exact) mass is 990 g/mol. The predicted molar refractivity (Wildman–Crippen MR) is 254 cm³/mol. The summed E-state index contributed by atoms with van der Waals surface area (Å²) in [5.41, 5.74) is 0. The van der Waals surface area contributed by atoms with Crippen LogP contribution in [0.2, 0.25) is 0 Å². The van der Waals surface area contributed by atoms with Gasteiger partial charge in [-0.15, -0.1) is 0 Å². The number of aliphatic hydroxyl groups is 11. The number of hydrogen-bond acceptors (Lipinski definition) is 18. The molecule has 0 saturated carbocycles. The second-order valence-corrected chi connectivity index (χ2v) is 18.3. The summed E-state index contributed by atoms with van der Waals surface area (Å²) in [6.45, 7) is 1.50. The van der Waals surface area contributed by atoms with E-state index in [0.717, 1.165) is 77.0 Å². The number of rotatable bonds is 34. The molecule has 1 amide bonds. The molecule has 0 aliphatic carbocycles. The smallest absolute Gasteiger partial charge is 0.220 e. The molecule has 12 N–H and O–H groups in total. The summed E-state index contributed by atoms with van der Waals surface area (Å²) in [5.74, 6) is -0.303. The highest BCUT2D eigenvalue weighted by molar-refractivity contribution is 5.76. The van der Waals surface area contributed by atoms with E-state index >= 15 is 0 Å². The molecule has 3 aliphatic heterocycles. The van der Waals surface area contributed by atoms with E-state index in [1.807, 2.05) is 0 Å². The van der Waals surface area contributed by atoms with Crippen LogP contribution >= 0.6 is 0 Å². The van der Waals surface area contributed by atoms with Crippen LogP contribution in [-0.4, -0.2) is 193 Å². The first-order valence-corrected chi connectivity index (χ1v) is 25.4. The first-order chi connectivity index (χ1) is 33.3. The molecule has 3 heterocycles. The molecule has 69 heavy (non-hydrogen) atoms. The third kappa shape index (κ3) is 21.0. The zero-order valence-electron chi connectivity index (χ0n) is 40.8. The molecule has 0 aromatic rings. The zero-order valence-corrected chi connectivity index (χ0v) is 40.8. The summed E-state index contributed by atoms with van der Waals surface area (Å²) in [4.78, 5) is 13.2. The van der Waals surface area contributed by atoms with Gasteiger partial charge in [-0.05, 0) is 57.8 Å². The Labute approximate surface area is 408 Å². The lowest BCUT2D eigenvalue weighted by Gasteiger charge is -2.48. The maximum atomic E-state index is 13.2. The first kappa shape index (κ1) is 61.1. The molecule has 0 spiro atoms. The Bertz CT molecular complexity index is 1460. The van der Waals surface area contributed by atoms with Gasteiger partial charge in [-0.1, -0.05) is 114 Å². The molecule has 0 radical (unpaired) electrons. The van der Waals surface area contributed by atoms with Gasteiger partial charge in [0.25, 0.3) is 0 Å². The molecule has 3 rings (SSSR count). The van der Waals surface area contributed by atoms with Crippen LogP contribution < -0.4 is 5.32 Å². The van der Waals surface area contributed by atoms with E-state index in [1.54, 1.807) is 12.2 Å². The average molecular weight is 990 g/mol. The van der Waals surface area contributed by atoms with E-state index < -0.39 is 124 Å². The van der Waals surface area contributed by atoms with Gasteiger partial charge in [0.15, 0.2) is 18.9 Å². The Kier molecular flexibility index (Phi) is 31.0. The number of carbonyl (C=O) groups excluding carboxylic acids is 1. The Balaban J connectivity index is 1.53. The summed E-state index contributed by atoms with van der Waals surface area (Å²) >= 11 is 0. The van der Waals surface area contributed by atoms with E-state index in [1.165, 1.54) is 19.3 Å². The lowest BCUT2D eigenvalue weighted by Crippen LogP contribution is -2.66. The molecule has 0 bridgehead atoms. The predicted octanol–water partition coefficient (Wildman–Crippen LogP) is 1.58. The van der Waals surface area contributed by atoms with Crippen molar-refractivity contribution in [3.8, 4) is 0 Å². The summed E-state index contributed by atoms with van der Waals surface area (Å²) in [6, 6.07) is -0.990. The molecule has 0 aromatic carbocycles. The van der Waals surface area contributed by atoms with Crippen molar-refractivity contribution in [3.63, 3.8) is 0 Å². The summed E-state index contributed by atoms with van der Waals surface area (Å²) in [7, 11) is 0. The third-order valence-electron chi connectivity index (χ3n) is 12.6. The normalized spacial score (nSPS) is 33.3. The maximum Gasteiger partial charge on any atom is 0.220 e. The van der Waals surface area contributed by atoms with Gasteiger partial charge in [0.1, 0.15) is 73.2 Å². The standard InChI is InChI=1S/C50H87NO18/c1-3-5-7-9-11-12-13-14-15-16-17-18-19-20-22-24-26-28-38(56)51-33(34(55)27-25-23-21-10-8-6-4-2)32-64-48-44(62)41(59)46(36(30-53)66-48)69-50-45(63)42(60)47(37(31-54)67-50)68-49-43(61)40(58)39(57)35(29-52)65-49/h8,10-12,14-15,25,27,33-37,39-50,52-55,57-63H,3-7,9,13,16-24,26,28-32H2,1-2H3,(H,51,56)/b10-8+,12-11-,15-14-,27-25+. The maximum absolute atomic E-state index is 13.2. The molecular formula is C50H87NO18. The fraction of sp³-hybridized carbons (Fsp3) is 0.820. The topological polar surface area (TPSA) is 307 Å². The number of amides is 1. The van der Waals surface area contributed by atoms with E-state index in [0.29, 0.717) is 12.8 Å². The number of nitrogens with one attached hydrogen (secondary N) is 1. The van der Waals surface area contributed by atoms with Gasteiger partial charge >= 0.3 is 0 Å². The minimum Gasteiger partial charge on any atom is -0.394 e. The van der Waals surface area contributed by atoms with Gasteiger partial charge in [0.05, 0.1) is 38.6 Å². The molecule has 19 heteroatoms. The highest BCUT2D eigenvalue weighted by Gasteiger charge is 2.53. The van der Waals surface area contributed by atoms with Crippen molar-refractivity contribution >= 4 is 5.91 Å². The molecule has 400 valence electrons. The van der Waals surface area contributed by atoms with Crippen molar-refractivity contribution < 1.29 is 89.4 Å². The van der Waals surface area contributed by atoms with Crippen molar-refractivity contribution in [2.45, 2.75) is 234 Å². The molecule has 3 saturated heterocycles. The number of allylic oxidation sites excluding steroid dienone is 7. The number of aliphatic hydroxyl groups excluding tert-OH is 11. The van der Waals surface area contributed by atoms with Gasteiger partial charge in [-0.3, -0.25) is 4.79 Å². The third-order valence-corrected chi connectivity index (χ3v) is 12.6. The largest absolute Gasteiger partial charge is 0.394 e. The summed E-state index contributed by atoms with van der Waals surface area (Å²) in [6.07, 6.45) is 7.29. The van der Waals surface area contributed by atoms with Crippen LogP contribution in [0.15, 0.2) is 48.6 Å². The van der Waals surface area contributed by atoms with Crippen molar-refractivity contribution in [3.05, 3.63) is 48.6 Å². The van der Waals surface area contributed by atoms with Crippen molar-refractivity contribution in [2.24, 2.45) is 0 Å². The number of unbranched alkanes of at least 4 members (excludes halogenated alkanes) is 12. The average Bonchev–Trinajstić information content (AvgIpc) is 3.34. The van der Waals surface area contributed by atoms with Gasteiger partial charge in [-0.2, -0.15) is 0 Å². The summed E-state index contributed by atoms with van der Waals surface area (Å²) < 4.78 is 34.0. The Morgan fingerprint density at radius 3 is 1.58 bits per heavy atom. The van der Waals surface area contributed by atoms with Crippen molar-refractivity contribution in [1.82, 2.24) is 5.32 Å². The van der Waals surface area contributed by atoms with E-state index in [4.69, 9.17) is 28.4 Å². The van der Waals surface area contributed by atoms with Crippen molar-refractivity contribution in [1.29, 1.82) is 0 Å². The van der Waals surface area contributed by atoms with E-state index in [9.17, 15) is 61.0 Å². The minimum absolute atomic E-state index is 0.224. The fourth-order valence-electron chi connectivity index (χ4n) is 8.30. The molecule has 0 aromatic heterocycles. The first-order valence-electron chi connectivity index (χ1n) is 25.4. The van der Waals surface area contributed by atoms with Gasteiger partial charge in [-0.25, -0.2) is 0 Å². The number of ether oxygens (including phenoxy) is 6. The zero-order chi connectivity index (χ0) is 50.6. The molecular weight excluding hydrogens is 903 g/mol. The quantitative estimate of drug-likeness (QED) is 0.0322. The van der Waals surface area contributed by atoms with E-state index in [2.05, 4.69) is 55.6 Å². The Morgan fingerprint density at radius 1 is 0.522 bits per heavy atom. The fourth-order valence-corrected chi connectivity index (χ4v) is 8.30. The molecule has 3 aliphatic rings. The van der Waals surface area contributed by atoms with Crippen LogP contribution in [-0.2, 0) is 33.2 Å². The summed E-state index contributed by atoms with van der Waals surface area (Å²) in [5, 5.41) is 119. The number of carbonyl (C=O) groups is 1. The Morgan fingerprint density at radius 2 is 1.00 bits per heavy atom. The SMILES string of the molecule is CCC/C=C/CC/C=C/C(O)C(COC1OC(CO)C(OC2OC(CO)C(OC3OC(CO)C(O)C(O)C3O)C(O)C2O)C(O)C1O)NC(=O)CCCCCCCCC/C=C\C/C=C\CCCCC. The second kappa shape index (κ2) is 35.0. The highest BCUT2D eigenvalue weighted by atomic mass is 16.8. The molecule has 3 fully saturated rings. The van der Waals surface area contributed by atoms with Crippen LogP contribution in [0.3, 0.4) is 0 Å². The lowest BCUT2D eigenvalue weighted by atomic mass is 9.96. The van der Waals surface area contributed by atoms with E-state index in [-0.39, 0.29) is 18.9 Å². The van der Waals surface area contributed by atoms with Crippen LogP contribution in [0.5, 0.6) is 0 Å². The Hall–Kier alpha value is -2.25. The lowest BCUT2D eigenvalue weighted by molar-refractivity contribution is -0.379. The van der Waals surface area contributed by atoms with Gasteiger partial charge in [0.2, 0.25) is 5.91 Å². The van der Waals surface area contributed by atoms with Crippen LogP contribution in [0, 0.1) is 0 Å². The van der Waals surface area contributed by atoms with Crippen LogP contribution in [0.4, 0.5) is 0 Å². The van der Waals surface area contributed by atoms with Crippen molar-refractivity contribution in [2.75, 3.05) is 26.4 Å².